The Kier molecular flexibility index (Phi) is 4.20. The molecule has 0 aliphatic carbocycles. The minimum Gasteiger partial charge on any atom is -0.341 e. The average Bonchev–Trinajstić information content (AvgIpc) is 3.18. The monoisotopic (exact) mass is 299 g/mol. The molecule has 1 atom stereocenters. The van der Waals surface area contributed by atoms with E-state index < -0.39 is 0 Å². The van der Waals surface area contributed by atoms with E-state index in [1.165, 1.54) is 0 Å². The number of rotatable bonds is 4. The van der Waals surface area contributed by atoms with E-state index in [1.54, 1.807) is 4.68 Å². The first-order chi connectivity index (χ1) is 10.7. The highest BCUT2D eigenvalue weighted by molar-refractivity contribution is 5.78. The van der Waals surface area contributed by atoms with E-state index in [9.17, 15) is 4.79 Å². The molecule has 6 nitrogen and oxygen atoms in total. The van der Waals surface area contributed by atoms with Crippen LogP contribution in [-0.4, -0.2) is 52.0 Å². The maximum absolute atomic E-state index is 12.4. The maximum Gasteiger partial charge on any atom is 0.228 e. The van der Waals surface area contributed by atoms with E-state index in [2.05, 4.69) is 15.6 Å². The van der Waals surface area contributed by atoms with Crippen LogP contribution in [0.15, 0.2) is 30.3 Å². The molecule has 1 unspecified atom stereocenters. The van der Waals surface area contributed by atoms with Crippen LogP contribution in [0.1, 0.15) is 17.8 Å². The van der Waals surface area contributed by atoms with Gasteiger partial charge >= 0.3 is 0 Å². The van der Waals surface area contributed by atoms with Crippen molar-refractivity contribution in [2.45, 2.75) is 25.8 Å². The van der Waals surface area contributed by atoms with Gasteiger partial charge in [0.25, 0.3) is 0 Å². The van der Waals surface area contributed by atoms with Crippen LogP contribution in [0.3, 0.4) is 0 Å². The molecular weight excluding hydrogens is 278 g/mol. The van der Waals surface area contributed by atoms with Crippen LogP contribution in [0.4, 0.5) is 0 Å². The van der Waals surface area contributed by atoms with Crippen molar-refractivity contribution in [1.29, 1.82) is 0 Å². The number of aromatic nitrogens is 3. The number of hydrogen-bond acceptors (Lipinski definition) is 4. The minimum atomic E-state index is 0.0944. The van der Waals surface area contributed by atoms with Crippen LogP contribution >= 0.6 is 0 Å². The number of para-hydroxylation sites is 1. The van der Waals surface area contributed by atoms with Gasteiger partial charge in [-0.05, 0) is 32.0 Å². The zero-order chi connectivity index (χ0) is 15.5. The molecule has 2 heterocycles. The molecule has 0 saturated carbocycles. The Labute approximate surface area is 130 Å². The first-order valence-corrected chi connectivity index (χ1v) is 7.60. The van der Waals surface area contributed by atoms with Crippen molar-refractivity contribution in [2.24, 2.45) is 0 Å². The van der Waals surface area contributed by atoms with Crippen LogP contribution in [0, 0.1) is 6.92 Å². The lowest BCUT2D eigenvalue weighted by Crippen LogP contribution is -2.39. The van der Waals surface area contributed by atoms with Crippen molar-refractivity contribution in [1.82, 2.24) is 25.2 Å². The van der Waals surface area contributed by atoms with Crippen LogP contribution in [0.25, 0.3) is 5.69 Å². The summed E-state index contributed by atoms with van der Waals surface area (Å²) in [6.07, 6.45) is 1.31. The summed E-state index contributed by atoms with van der Waals surface area (Å²) in [4.78, 5) is 14.3. The number of hydrogen-bond donors (Lipinski definition) is 1. The predicted octanol–water partition coefficient (Wildman–Crippen LogP) is 0.939. The Morgan fingerprint density at radius 3 is 2.86 bits per heavy atom. The van der Waals surface area contributed by atoms with E-state index in [0.717, 1.165) is 36.6 Å². The van der Waals surface area contributed by atoms with Crippen LogP contribution in [-0.2, 0) is 11.2 Å². The van der Waals surface area contributed by atoms with Gasteiger partial charge in [0.05, 0.1) is 23.5 Å². The lowest BCUT2D eigenvalue weighted by Gasteiger charge is -2.23. The number of benzene rings is 1. The topological polar surface area (TPSA) is 63.1 Å². The van der Waals surface area contributed by atoms with Crippen molar-refractivity contribution in [2.75, 3.05) is 20.1 Å². The van der Waals surface area contributed by atoms with E-state index in [0.29, 0.717) is 6.42 Å². The van der Waals surface area contributed by atoms with Crippen molar-refractivity contribution in [3.05, 3.63) is 41.7 Å². The van der Waals surface area contributed by atoms with Crippen molar-refractivity contribution < 1.29 is 4.79 Å². The molecule has 1 aromatic carbocycles. The van der Waals surface area contributed by atoms with Crippen molar-refractivity contribution >= 4 is 5.91 Å². The molecule has 22 heavy (non-hydrogen) atoms. The Morgan fingerprint density at radius 1 is 1.41 bits per heavy atom. The first kappa shape index (κ1) is 14.7. The Hall–Kier alpha value is -2.21. The summed E-state index contributed by atoms with van der Waals surface area (Å²) in [7, 11) is 1.87. The van der Waals surface area contributed by atoms with Gasteiger partial charge in [0, 0.05) is 19.6 Å². The van der Waals surface area contributed by atoms with E-state index in [4.69, 9.17) is 0 Å². The molecule has 6 heteroatoms. The van der Waals surface area contributed by atoms with E-state index in [1.807, 2.05) is 49.2 Å². The van der Waals surface area contributed by atoms with Crippen LogP contribution < -0.4 is 5.32 Å². The van der Waals surface area contributed by atoms with E-state index >= 15 is 0 Å². The Bertz CT molecular complexity index is 646. The number of nitrogens with zero attached hydrogens (tertiary/aromatic N) is 4. The number of carbonyl (C=O) groups excluding carboxylic acids is 1. The summed E-state index contributed by atoms with van der Waals surface area (Å²) in [6.45, 7) is 3.80. The van der Waals surface area contributed by atoms with Gasteiger partial charge in [-0.15, -0.1) is 5.10 Å². The normalized spacial score (nSPS) is 17.6. The lowest BCUT2D eigenvalue weighted by molar-refractivity contribution is -0.130. The van der Waals surface area contributed by atoms with Gasteiger partial charge in [-0.25, -0.2) is 4.68 Å². The van der Waals surface area contributed by atoms with Gasteiger partial charge < -0.3 is 10.2 Å². The van der Waals surface area contributed by atoms with Gasteiger partial charge in [0.2, 0.25) is 5.91 Å². The highest BCUT2D eigenvalue weighted by Gasteiger charge is 2.24. The molecule has 1 amide bonds. The fourth-order valence-corrected chi connectivity index (χ4v) is 2.78. The molecule has 1 saturated heterocycles. The molecule has 0 bridgehead atoms. The zero-order valence-electron chi connectivity index (χ0n) is 13.0. The quantitative estimate of drug-likeness (QED) is 0.912. The largest absolute Gasteiger partial charge is 0.341 e. The van der Waals surface area contributed by atoms with Gasteiger partial charge in [0.1, 0.15) is 0 Å². The fourth-order valence-electron chi connectivity index (χ4n) is 2.78. The molecule has 116 valence electrons. The number of nitrogens with one attached hydrogen (secondary N) is 1. The molecule has 1 aliphatic rings. The van der Waals surface area contributed by atoms with Gasteiger partial charge in [0.15, 0.2) is 0 Å². The summed E-state index contributed by atoms with van der Waals surface area (Å²) < 4.78 is 1.78. The van der Waals surface area contributed by atoms with E-state index in [-0.39, 0.29) is 11.9 Å². The highest BCUT2D eigenvalue weighted by atomic mass is 16.2. The molecular formula is C16H21N5O. The fraction of sp³-hybridized carbons (Fsp3) is 0.438. The second-order valence-electron chi connectivity index (χ2n) is 5.70. The van der Waals surface area contributed by atoms with Crippen LogP contribution in [0.2, 0.25) is 0 Å². The summed E-state index contributed by atoms with van der Waals surface area (Å²) in [6, 6.07) is 10.1. The third-order valence-electron chi connectivity index (χ3n) is 4.29. The minimum absolute atomic E-state index is 0.0944. The average molecular weight is 299 g/mol. The van der Waals surface area contributed by atoms with Crippen molar-refractivity contribution in [3.63, 3.8) is 0 Å². The Morgan fingerprint density at radius 2 is 2.18 bits per heavy atom. The van der Waals surface area contributed by atoms with Crippen LogP contribution in [0.5, 0.6) is 0 Å². The third-order valence-corrected chi connectivity index (χ3v) is 4.29. The lowest BCUT2D eigenvalue weighted by atomic mass is 10.2. The van der Waals surface area contributed by atoms with Gasteiger partial charge in [-0.2, -0.15) is 0 Å². The Balaban J connectivity index is 1.73. The highest BCUT2D eigenvalue weighted by Crippen LogP contribution is 2.14. The van der Waals surface area contributed by atoms with Gasteiger partial charge in [-0.1, -0.05) is 23.4 Å². The third kappa shape index (κ3) is 2.87. The van der Waals surface area contributed by atoms with Gasteiger partial charge in [-0.3, -0.25) is 4.79 Å². The molecule has 1 aliphatic heterocycles. The number of amides is 1. The molecule has 3 rings (SSSR count). The van der Waals surface area contributed by atoms with Crippen molar-refractivity contribution in [3.8, 4) is 5.69 Å². The predicted molar refractivity (Wildman–Crippen MR) is 83.8 cm³/mol. The second-order valence-corrected chi connectivity index (χ2v) is 5.70. The number of likely N-dealkylation sites (N-methyl/N-ethyl adjacent to an activating group) is 1. The zero-order valence-corrected chi connectivity index (χ0v) is 13.0. The smallest absolute Gasteiger partial charge is 0.228 e. The molecule has 1 N–H and O–H groups in total. The molecule has 2 aromatic rings. The molecule has 0 spiro atoms. The summed E-state index contributed by atoms with van der Waals surface area (Å²) >= 11 is 0. The summed E-state index contributed by atoms with van der Waals surface area (Å²) in [5.74, 6) is 0.0944. The summed E-state index contributed by atoms with van der Waals surface area (Å²) in [5, 5.41) is 11.7. The number of carbonyl (C=O) groups is 1. The first-order valence-electron chi connectivity index (χ1n) is 7.60. The second kappa shape index (κ2) is 6.27. The molecule has 1 aromatic heterocycles. The SMILES string of the molecule is Cc1c(CC(=O)N(C)C2CCNC2)nnn1-c1ccccc1. The molecule has 1 fully saturated rings. The summed E-state index contributed by atoms with van der Waals surface area (Å²) in [5.41, 5.74) is 2.61. The standard InChI is InChI=1S/C16H21N5O/c1-12-15(10-16(22)20(2)14-8-9-17-11-14)18-19-21(12)13-6-4-3-5-7-13/h3-7,14,17H,8-11H2,1-2H3. The molecule has 0 radical (unpaired) electrons. The maximum atomic E-state index is 12.4.